The second-order valence-corrected chi connectivity index (χ2v) is 6.03. The highest BCUT2D eigenvalue weighted by atomic mass is 16.3. The van der Waals surface area contributed by atoms with Gasteiger partial charge in [-0.25, -0.2) is 9.97 Å². The summed E-state index contributed by atoms with van der Waals surface area (Å²) in [7, 11) is 0. The molecule has 2 aromatic rings. The van der Waals surface area contributed by atoms with E-state index >= 15 is 0 Å². The van der Waals surface area contributed by atoms with Gasteiger partial charge >= 0.3 is 0 Å². The Morgan fingerprint density at radius 2 is 2.04 bits per heavy atom. The molecule has 0 bridgehead atoms. The number of phenols is 1. The summed E-state index contributed by atoms with van der Waals surface area (Å²) in [6.07, 6.45) is 6.34. The number of aromatic hydroxyl groups is 1. The highest BCUT2D eigenvalue weighted by Gasteiger charge is 2.22. The molecular formula is C18H22N4O2. The van der Waals surface area contributed by atoms with Gasteiger partial charge in [0.15, 0.2) is 0 Å². The van der Waals surface area contributed by atoms with Crippen LogP contribution in [0.15, 0.2) is 42.7 Å². The van der Waals surface area contributed by atoms with Crippen LogP contribution in [0.5, 0.6) is 5.75 Å². The summed E-state index contributed by atoms with van der Waals surface area (Å²) in [4.78, 5) is 22.9. The molecule has 3 rings (SSSR count). The van der Waals surface area contributed by atoms with Crippen molar-refractivity contribution in [3.05, 3.63) is 48.3 Å². The Kier molecular flexibility index (Phi) is 5.25. The van der Waals surface area contributed by atoms with E-state index in [4.69, 9.17) is 0 Å². The average Bonchev–Trinajstić information content (AvgIpc) is 2.62. The van der Waals surface area contributed by atoms with Gasteiger partial charge in [0.25, 0.3) is 0 Å². The zero-order valence-electron chi connectivity index (χ0n) is 13.6. The maximum atomic E-state index is 12.2. The lowest BCUT2D eigenvalue weighted by atomic mass is 10.0. The van der Waals surface area contributed by atoms with Crippen LogP contribution in [-0.2, 0) is 11.2 Å². The number of piperidine rings is 1. The van der Waals surface area contributed by atoms with E-state index in [1.54, 1.807) is 30.6 Å². The van der Waals surface area contributed by atoms with Gasteiger partial charge in [-0.2, -0.15) is 0 Å². The lowest BCUT2D eigenvalue weighted by Crippen LogP contribution is -2.48. The van der Waals surface area contributed by atoms with E-state index in [9.17, 15) is 9.90 Å². The number of aromatic nitrogens is 2. The van der Waals surface area contributed by atoms with Gasteiger partial charge in [-0.1, -0.05) is 18.2 Å². The van der Waals surface area contributed by atoms with Gasteiger partial charge in [0.2, 0.25) is 11.9 Å². The molecule has 0 spiro atoms. The Labute approximate surface area is 141 Å². The van der Waals surface area contributed by atoms with Gasteiger partial charge < -0.3 is 15.3 Å². The van der Waals surface area contributed by atoms with Gasteiger partial charge in [0.1, 0.15) is 5.75 Å². The molecular weight excluding hydrogens is 304 g/mol. The van der Waals surface area contributed by atoms with Crippen molar-refractivity contribution in [2.24, 2.45) is 0 Å². The van der Waals surface area contributed by atoms with Gasteiger partial charge in [-0.15, -0.1) is 0 Å². The van der Waals surface area contributed by atoms with Crippen LogP contribution in [-0.4, -0.2) is 40.1 Å². The Hall–Kier alpha value is -2.63. The van der Waals surface area contributed by atoms with Crippen molar-refractivity contribution in [3.8, 4) is 5.75 Å². The summed E-state index contributed by atoms with van der Waals surface area (Å²) in [6.45, 7) is 1.64. The Morgan fingerprint density at radius 3 is 2.83 bits per heavy atom. The van der Waals surface area contributed by atoms with Crippen molar-refractivity contribution in [3.63, 3.8) is 0 Å². The first-order valence-corrected chi connectivity index (χ1v) is 8.30. The number of benzene rings is 1. The SMILES string of the molecule is O=C(CCc1ccccc1O)N[C@@H]1CCCN(c2ncccn2)C1. The molecule has 1 fully saturated rings. The number of carbonyl (C=O) groups excluding carboxylic acids is 1. The topological polar surface area (TPSA) is 78.4 Å². The fourth-order valence-corrected chi connectivity index (χ4v) is 3.00. The number of nitrogens with zero attached hydrogens (tertiary/aromatic N) is 3. The van der Waals surface area contributed by atoms with E-state index in [-0.39, 0.29) is 17.7 Å². The van der Waals surface area contributed by atoms with E-state index in [1.165, 1.54) is 0 Å². The second kappa shape index (κ2) is 7.77. The third-order valence-corrected chi connectivity index (χ3v) is 4.23. The summed E-state index contributed by atoms with van der Waals surface area (Å²) in [5.74, 6) is 0.972. The van der Waals surface area contributed by atoms with Crippen molar-refractivity contribution in [2.75, 3.05) is 18.0 Å². The molecule has 126 valence electrons. The van der Waals surface area contributed by atoms with E-state index in [2.05, 4.69) is 20.2 Å². The smallest absolute Gasteiger partial charge is 0.225 e. The monoisotopic (exact) mass is 326 g/mol. The molecule has 1 amide bonds. The Bertz CT molecular complexity index is 678. The fraction of sp³-hybridized carbons (Fsp3) is 0.389. The molecule has 6 heteroatoms. The molecule has 0 saturated carbocycles. The lowest BCUT2D eigenvalue weighted by Gasteiger charge is -2.33. The molecule has 1 atom stereocenters. The number of rotatable bonds is 5. The minimum absolute atomic E-state index is 0.0130. The Morgan fingerprint density at radius 1 is 1.25 bits per heavy atom. The van der Waals surface area contributed by atoms with Crippen molar-refractivity contribution >= 4 is 11.9 Å². The van der Waals surface area contributed by atoms with Crippen LogP contribution >= 0.6 is 0 Å². The summed E-state index contributed by atoms with van der Waals surface area (Å²) in [6, 6.07) is 9.04. The highest BCUT2D eigenvalue weighted by Crippen LogP contribution is 2.18. The van der Waals surface area contributed by atoms with Crippen molar-refractivity contribution in [1.82, 2.24) is 15.3 Å². The first-order chi connectivity index (χ1) is 11.7. The summed E-state index contributed by atoms with van der Waals surface area (Å²) in [5, 5.41) is 12.8. The Balaban J connectivity index is 1.50. The van der Waals surface area contributed by atoms with Crippen molar-refractivity contribution in [1.29, 1.82) is 0 Å². The predicted octanol–water partition coefficient (Wildman–Crippen LogP) is 1.90. The van der Waals surface area contributed by atoms with Crippen LogP contribution in [0.3, 0.4) is 0 Å². The molecule has 1 aromatic heterocycles. The van der Waals surface area contributed by atoms with E-state index < -0.39 is 0 Å². The van der Waals surface area contributed by atoms with Crippen LogP contribution in [0.2, 0.25) is 0 Å². The van der Waals surface area contributed by atoms with Gasteiger partial charge in [-0.05, 0) is 37.0 Å². The highest BCUT2D eigenvalue weighted by molar-refractivity contribution is 5.76. The van der Waals surface area contributed by atoms with Crippen LogP contribution in [0.4, 0.5) is 5.95 Å². The number of anilines is 1. The third-order valence-electron chi connectivity index (χ3n) is 4.23. The zero-order valence-corrected chi connectivity index (χ0v) is 13.6. The molecule has 0 aliphatic carbocycles. The molecule has 2 heterocycles. The molecule has 1 aromatic carbocycles. The van der Waals surface area contributed by atoms with Crippen molar-refractivity contribution < 1.29 is 9.90 Å². The molecule has 2 N–H and O–H groups in total. The number of amides is 1. The third kappa shape index (κ3) is 4.22. The van der Waals surface area contributed by atoms with E-state index in [0.29, 0.717) is 18.8 Å². The minimum Gasteiger partial charge on any atom is -0.508 e. The normalized spacial score (nSPS) is 17.5. The summed E-state index contributed by atoms with van der Waals surface area (Å²) < 4.78 is 0. The standard InChI is InChI=1S/C18H22N4O2/c23-16-7-2-1-5-14(16)8-9-17(24)21-15-6-3-12-22(13-15)18-19-10-4-11-20-18/h1-2,4-5,7,10-11,15,23H,3,6,8-9,12-13H2,(H,21,24)/t15-/m1/s1. The zero-order chi connectivity index (χ0) is 16.8. The maximum Gasteiger partial charge on any atom is 0.225 e. The number of nitrogens with one attached hydrogen (secondary N) is 1. The number of carbonyl (C=O) groups is 1. The maximum absolute atomic E-state index is 12.2. The largest absolute Gasteiger partial charge is 0.508 e. The molecule has 1 aliphatic rings. The number of aryl methyl sites for hydroxylation is 1. The lowest BCUT2D eigenvalue weighted by molar-refractivity contribution is -0.121. The van der Waals surface area contributed by atoms with Crippen LogP contribution in [0.25, 0.3) is 0 Å². The van der Waals surface area contributed by atoms with E-state index in [0.717, 1.165) is 31.5 Å². The number of para-hydroxylation sites is 1. The van der Waals surface area contributed by atoms with Crippen molar-refractivity contribution in [2.45, 2.75) is 31.7 Å². The summed E-state index contributed by atoms with van der Waals surface area (Å²) >= 11 is 0. The van der Waals surface area contributed by atoms with E-state index in [1.807, 2.05) is 12.1 Å². The predicted molar refractivity (Wildman–Crippen MR) is 91.8 cm³/mol. The van der Waals surface area contributed by atoms with Gasteiger partial charge in [0.05, 0.1) is 0 Å². The van der Waals surface area contributed by atoms with Crippen LogP contribution in [0, 0.1) is 0 Å². The first-order valence-electron chi connectivity index (χ1n) is 8.30. The average molecular weight is 326 g/mol. The number of phenolic OH excluding ortho intramolecular Hbond substituents is 1. The summed E-state index contributed by atoms with van der Waals surface area (Å²) in [5.41, 5.74) is 0.801. The molecule has 24 heavy (non-hydrogen) atoms. The van der Waals surface area contributed by atoms with Crippen LogP contribution < -0.4 is 10.2 Å². The number of hydrogen-bond acceptors (Lipinski definition) is 5. The van der Waals surface area contributed by atoms with Gasteiger partial charge in [-0.3, -0.25) is 4.79 Å². The molecule has 1 saturated heterocycles. The minimum atomic E-state index is 0.0130. The quantitative estimate of drug-likeness (QED) is 0.877. The van der Waals surface area contributed by atoms with Gasteiger partial charge in [0, 0.05) is 37.9 Å². The molecule has 0 radical (unpaired) electrons. The molecule has 1 aliphatic heterocycles. The van der Waals surface area contributed by atoms with Crippen LogP contribution in [0.1, 0.15) is 24.8 Å². The molecule has 6 nitrogen and oxygen atoms in total. The fourth-order valence-electron chi connectivity index (χ4n) is 3.00. The molecule has 0 unspecified atom stereocenters. The number of hydrogen-bond donors (Lipinski definition) is 2. The first kappa shape index (κ1) is 16.2. The second-order valence-electron chi connectivity index (χ2n) is 6.03.